The molecule has 6 heteroatoms. The van der Waals surface area contributed by atoms with E-state index in [4.69, 9.17) is 22.6 Å². The minimum Gasteiger partial charge on any atom is -0.480 e. The normalized spacial score (nSPS) is 11.7. The number of nitriles is 1. The summed E-state index contributed by atoms with van der Waals surface area (Å²) >= 11 is 7.11. The van der Waals surface area contributed by atoms with E-state index >= 15 is 0 Å². The number of carbonyl (C=O) groups is 1. The molecule has 66 valence electrons. The van der Waals surface area contributed by atoms with Gasteiger partial charge in [0.25, 0.3) is 0 Å². The van der Waals surface area contributed by atoms with E-state index in [2.05, 4.69) is 0 Å². The van der Waals surface area contributed by atoms with Crippen molar-refractivity contribution in [3.05, 3.63) is 0 Å². The van der Waals surface area contributed by atoms with Crippen molar-refractivity contribution in [2.75, 3.05) is 5.75 Å². The molecule has 0 aliphatic carbocycles. The molecule has 1 unspecified atom stereocenters. The van der Waals surface area contributed by atoms with Crippen molar-refractivity contribution in [2.24, 2.45) is 0 Å². The summed E-state index contributed by atoms with van der Waals surface area (Å²) < 4.78 is 0.506. The molecule has 1 atom stereocenters. The predicted molar refractivity (Wildman–Crippen MR) is 55.4 cm³/mol. The highest BCUT2D eigenvalue weighted by Crippen LogP contribution is 2.21. The Labute approximate surface area is 84.5 Å². The number of thioether (sulfide) groups is 2. The molecule has 0 aromatic carbocycles. The summed E-state index contributed by atoms with van der Waals surface area (Å²) in [6.45, 7) is 1.56. The second kappa shape index (κ2) is 6.29. The van der Waals surface area contributed by atoms with Crippen molar-refractivity contribution < 1.29 is 9.90 Å². The monoisotopic (exact) mass is 221 g/mol. The van der Waals surface area contributed by atoms with Crippen molar-refractivity contribution in [1.82, 2.24) is 0 Å². The van der Waals surface area contributed by atoms with E-state index in [1.807, 2.05) is 6.07 Å². The standard InChI is InChI=1S/C6H7NO2S3/c1-4(5(8)9)12-6(10)11-3-2-7/h4H,3H2,1H3,(H,8,9). The zero-order valence-electron chi connectivity index (χ0n) is 6.31. The van der Waals surface area contributed by atoms with Gasteiger partial charge in [0.15, 0.2) is 0 Å². The lowest BCUT2D eigenvalue weighted by Crippen LogP contribution is -2.12. The molecule has 0 fully saturated rings. The SMILES string of the molecule is CC(SC(=S)SCC#N)C(=O)O. The van der Waals surface area contributed by atoms with Crippen LogP contribution in [0.4, 0.5) is 0 Å². The molecule has 0 amide bonds. The summed E-state index contributed by atoms with van der Waals surface area (Å²) in [5.74, 6) is -0.613. The van der Waals surface area contributed by atoms with E-state index < -0.39 is 11.2 Å². The molecule has 3 nitrogen and oxygen atoms in total. The molecule has 0 bridgehead atoms. The van der Waals surface area contributed by atoms with E-state index in [1.54, 1.807) is 6.92 Å². The first-order valence-corrected chi connectivity index (χ1v) is 5.28. The maximum absolute atomic E-state index is 10.4. The fourth-order valence-electron chi connectivity index (χ4n) is 0.320. The van der Waals surface area contributed by atoms with E-state index in [1.165, 1.54) is 11.8 Å². The average molecular weight is 221 g/mol. The maximum Gasteiger partial charge on any atom is 0.316 e. The summed E-state index contributed by atoms with van der Waals surface area (Å²) in [5.41, 5.74) is 0. The highest BCUT2D eigenvalue weighted by atomic mass is 32.2. The van der Waals surface area contributed by atoms with Crippen LogP contribution >= 0.6 is 35.7 Å². The van der Waals surface area contributed by atoms with Gasteiger partial charge in [-0.05, 0) is 6.92 Å². The minimum atomic E-state index is -0.889. The maximum atomic E-state index is 10.4. The van der Waals surface area contributed by atoms with Crippen LogP contribution < -0.4 is 0 Å². The molecule has 0 heterocycles. The van der Waals surface area contributed by atoms with Crippen LogP contribution in [-0.2, 0) is 4.79 Å². The van der Waals surface area contributed by atoms with Gasteiger partial charge in [-0.1, -0.05) is 35.7 Å². The fourth-order valence-corrected chi connectivity index (χ4v) is 2.38. The van der Waals surface area contributed by atoms with Gasteiger partial charge in [-0.3, -0.25) is 4.79 Å². The van der Waals surface area contributed by atoms with Crippen LogP contribution in [0.25, 0.3) is 0 Å². The molecule has 0 aromatic rings. The van der Waals surface area contributed by atoms with Crippen LogP contribution in [0.1, 0.15) is 6.92 Å². The molecule has 0 radical (unpaired) electrons. The topological polar surface area (TPSA) is 61.1 Å². The molecule has 12 heavy (non-hydrogen) atoms. The Morgan fingerprint density at radius 2 is 2.42 bits per heavy atom. The lowest BCUT2D eigenvalue weighted by atomic mass is 10.5. The molecule has 0 aliphatic rings. The molecule has 0 spiro atoms. The Kier molecular flexibility index (Phi) is 6.16. The Balaban J connectivity index is 3.71. The minimum absolute atomic E-state index is 0.276. The first-order valence-electron chi connectivity index (χ1n) is 3.01. The van der Waals surface area contributed by atoms with Crippen molar-refractivity contribution in [2.45, 2.75) is 12.2 Å². The molecule has 0 aromatic heterocycles. The van der Waals surface area contributed by atoms with Gasteiger partial charge < -0.3 is 5.11 Å². The van der Waals surface area contributed by atoms with Gasteiger partial charge in [0.2, 0.25) is 0 Å². The smallest absolute Gasteiger partial charge is 0.316 e. The first kappa shape index (κ1) is 11.8. The largest absolute Gasteiger partial charge is 0.480 e. The zero-order valence-corrected chi connectivity index (χ0v) is 8.76. The van der Waals surface area contributed by atoms with E-state index in [-0.39, 0.29) is 5.75 Å². The summed E-state index contributed by atoms with van der Waals surface area (Å²) in [5, 5.41) is 16.2. The van der Waals surface area contributed by atoms with Crippen molar-refractivity contribution in [3.63, 3.8) is 0 Å². The number of hydrogen-bond donors (Lipinski definition) is 1. The predicted octanol–water partition coefficient (Wildman–Crippen LogP) is 1.73. The number of hydrogen-bond acceptors (Lipinski definition) is 5. The summed E-state index contributed by atoms with van der Waals surface area (Å²) in [6, 6.07) is 1.92. The molecule has 0 aliphatic heterocycles. The van der Waals surface area contributed by atoms with Crippen LogP contribution in [0.15, 0.2) is 0 Å². The second-order valence-electron chi connectivity index (χ2n) is 1.80. The number of carboxylic acid groups (broad SMARTS) is 1. The molecule has 1 N–H and O–H groups in total. The van der Waals surface area contributed by atoms with Crippen molar-refractivity contribution in [1.29, 1.82) is 5.26 Å². The van der Waals surface area contributed by atoms with Gasteiger partial charge in [-0.2, -0.15) is 5.26 Å². The van der Waals surface area contributed by atoms with Crippen LogP contribution in [0, 0.1) is 11.3 Å². The summed E-state index contributed by atoms with van der Waals surface area (Å²) in [7, 11) is 0. The Hall–Kier alpha value is -0.250. The third kappa shape index (κ3) is 5.41. The molecular formula is C6H7NO2S3. The van der Waals surface area contributed by atoms with Gasteiger partial charge >= 0.3 is 5.97 Å². The van der Waals surface area contributed by atoms with Gasteiger partial charge in [0.05, 0.1) is 11.8 Å². The van der Waals surface area contributed by atoms with E-state index in [9.17, 15) is 4.79 Å². The number of thiocarbonyl (C=S) groups is 1. The highest BCUT2D eigenvalue weighted by Gasteiger charge is 2.13. The lowest BCUT2D eigenvalue weighted by molar-refractivity contribution is -0.136. The van der Waals surface area contributed by atoms with Crippen molar-refractivity contribution in [3.8, 4) is 6.07 Å². The molecular weight excluding hydrogens is 214 g/mol. The summed E-state index contributed by atoms with van der Waals surface area (Å²) in [4.78, 5) is 10.4. The fraction of sp³-hybridized carbons (Fsp3) is 0.500. The van der Waals surface area contributed by atoms with Gasteiger partial charge in [0, 0.05) is 0 Å². The Bertz CT molecular complexity index is 223. The van der Waals surface area contributed by atoms with Gasteiger partial charge in [-0.25, -0.2) is 0 Å². The zero-order chi connectivity index (χ0) is 9.56. The number of nitrogens with zero attached hydrogens (tertiary/aromatic N) is 1. The van der Waals surface area contributed by atoms with Gasteiger partial charge in [-0.15, -0.1) is 0 Å². The molecule has 0 saturated heterocycles. The van der Waals surface area contributed by atoms with Crippen LogP contribution in [0.2, 0.25) is 0 Å². The quantitative estimate of drug-likeness (QED) is 0.732. The summed E-state index contributed by atoms with van der Waals surface area (Å²) in [6.07, 6.45) is 0. The van der Waals surface area contributed by atoms with E-state index in [0.717, 1.165) is 11.8 Å². The van der Waals surface area contributed by atoms with Gasteiger partial charge in [0.1, 0.15) is 8.78 Å². The third-order valence-corrected chi connectivity index (χ3v) is 3.42. The van der Waals surface area contributed by atoms with Crippen LogP contribution in [-0.4, -0.2) is 25.6 Å². The van der Waals surface area contributed by atoms with Crippen LogP contribution in [0.3, 0.4) is 0 Å². The average Bonchev–Trinajstić information content (AvgIpc) is 2.00. The first-order chi connectivity index (χ1) is 5.57. The number of rotatable bonds is 3. The van der Waals surface area contributed by atoms with Crippen molar-refractivity contribution >= 4 is 45.2 Å². The molecule has 0 saturated carbocycles. The number of carboxylic acids is 1. The molecule has 0 rings (SSSR count). The number of aliphatic carboxylic acids is 1. The lowest BCUT2D eigenvalue weighted by Gasteiger charge is -2.04. The Morgan fingerprint density at radius 3 is 2.83 bits per heavy atom. The third-order valence-electron chi connectivity index (χ3n) is 0.875. The highest BCUT2D eigenvalue weighted by molar-refractivity contribution is 8.47. The van der Waals surface area contributed by atoms with Crippen LogP contribution in [0.5, 0.6) is 0 Å². The Morgan fingerprint density at radius 1 is 1.83 bits per heavy atom. The van der Waals surface area contributed by atoms with E-state index in [0.29, 0.717) is 3.53 Å². The second-order valence-corrected chi connectivity index (χ2v) is 5.32.